The molecule has 0 spiro atoms. The van der Waals surface area contributed by atoms with Gasteiger partial charge in [0, 0.05) is 23.5 Å². The molecule has 7 nitrogen and oxygen atoms in total. The fourth-order valence-corrected chi connectivity index (χ4v) is 12.3. The third-order valence-corrected chi connectivity index (χ3v) is 16.4. The zero-order valence-corrected chi connectivity index (χ0v) is 47.1. The van der Waals surface area contributed by atoms with Gasteiger partial charge < -0.3 is 18.6 Å². The van der Waals surface area contributed by atoms with E-state index in [1.54, 1.807) is 0 Å². The molecule has 14 rings (SSSR count). The van der Waals surface area contributed by atoms with E-state index in [1.165, 1.54) is 0 Å². The molecule has 0 aliphatic rings. The van der Waals surface area contributed by atoms with Crippen LogP contribution in [0.15, 0.2) is 328 Å². The third-order valence-electron chi connectivity index (χ3n) is 16.4. The van der Waals surface area contributed by atoms with Crippen molar-refractivity contribution in [3.8, 4) is 34.3 Å². The quantitative estimate of drug-likeness (QED) is 0.0632. The summed E-state index contributed by atoms with van der Waals surface area (Å²) in [5.41, 5.74) is 8.22. The van der Waals surface area contributed by atoms with Gasteiger partial charge >= 0.3 is 0 Å². The molecule has 0 radical (unpaired) electrons. The minimum atomic E-state index is -1.03. The molecule has 7 heteroatoms. The molecule has 0 N–H and O–H groups in total. The van der Waals surface area contributed by atoms with Crippen LogP contribution in [0, 0.1) is 0 Å². The number of nitrogens with zero attached hydrogens (tertiary/aromatic N) is 4. The molecule has 0 saturated carbocycles. The highest BCUT2D eigenvalue weighted by molar-refractivity contribution is 6.07. The highest BCUT2D eigenvalue weighted by atomic mass is 16.5. The van der Waals surface area contributed by atoms with Crippen LogP contribution in [-0.4, -0.2) is 24.9 Å². The first-order chi connectivity index (χ1) is 42.5. The van der Waals surface area contributed by atoms with E-state index in [1.807, 2.05) is 97.3 Å². The summed E-state index contributed by atoms with van der Waals surface area (Å²) in [6, 6.07) is 109. The van der Waals surface area contributed by atoms with Crippen LogP contribution in [-0.2, 0) is 24.3 Å². The molecule has 412 valence electrons. The van der Waals surface area contributed by atoms with Crippen molar-refractivity contribution in [2.75, 3.05) is 0 Å². The molecule has 0 saturated heterocycles. The topological polar surface area (TPSA) is 71.2 Å². The maximum absolute atomic E-state index is 16.4. The lowest BCUT2D eigenvalue weighted by molar-refractivity contribution is 0.103. The smallest absolute Gasteiger partial charge is 0.232 e. The summed E-state index contributed by atoms with van der Waals surface area (Å²) < 4.78 is 17.0. The van der Waals surface area contributed by atoms with E-state index in [2.05, 4.69) is 240 Å². The van der Waals surface area contributed by atoms with Gasteiger partial charge in [-0.1, -0.05) is 279 Å². The van der Waals surface area contributed by atoms with Crippen LogP contribution < -0.4 is 9.47 Å². The molecule has 2 heterocycles. The number of fused-ring (bicyclic) bond motifs is 2. The Morgan fingerprint density at radius 1 is 0.314 bits per heavy atom. The molecule has 0 bridgehead atoms. The van der Waals surface area contributed by atoms with Gasteiger partial charge in [0.25, 0.3) is 0 Å². The maximum Gasteiger partial charge on any atom is 0.232 e. The van der Waals surface area contributed by atoms with E-state index >= 15 is 4.79 Å². The van der Waals surface area contributed by atoms with Crippen molar-refractivity contribution in [3.63, 3.8) is 0 Å². The Bertz CT molecular complexity index is 4140. The number of carbonyl (C=O) groups is 1. The summed E-state index contributed by atoms with van der Waals surface area (Å²) in [5.74, 6) is 2.42. The lowest BCUT2D eigenvalue weighted by Crippen LogP contribution is -2.38. The van der Waals surface area contributed by atoms with Crippen LogP contribution >= 0.6 is 0 Å². The van der Waals surface area contributed by atoms with E-state index in [0.717, 1.165) is 88.7 Å². The number of ketones is 1. The SMILES string of the molecule is O=C(c1cn(C(c2ccccc2)(c2ccccc2)c2ccccc2)c(-c2ccc3cc(OCc4ccccc4)ccc3c2)n1)c1cn(C(c2ccccc2)(c2ccccc2)c2ccccc2)c(-c2ccc3cc(OCc4ccccc4)ccc3c2)n1. The number of benzene rings is 12. The molecule has 0 aliphatic carbocycles. The maximum atomic E-state index is 16.4. The second-order valence-corrected chi connectivity index (χ2v) is 21.6. The minimum Gasteiger partial charge on any atom is -0.489 e. The molecule has 0 amide bonds. The van der Waals surface area contributed by atoms with Crippen molar-refractivity contribution in [2.45, 2.75) is 24.3 Å². The van der Waals surface area contributed by atoms with Crippen molar-refractivity contribution in [2.24, 2.45) is 0 Å². The van der Waals surface area contributed by atoms with Crippen molar-refractivity contribution >= 4 is 27.3 Å². The molecular formula is C79H58N4O3. The van der Waals surface area contributed by atoms with Gasteiger partial charge in [-0.05, 0) is 102 Å². The number of hydrogen-bond acceptors (Lipinski definition) is 5. The van der Waals surface area contributed by atoms with Crippen LogP contribution in [0.1, 0.15) is 60.7 Å². The van der Waals surface area contributed by atoms with Crippen molar-refractivity contribution in [3.05, 3.63) is 384 Å². The van der Waals surface area contributed by atoms with E-state index in [-0.39, 0.29) is 17.2 Å². The van der Waals surface area contributed by atoms with Gasteiger partial charge in [0.2, 0.25) is 5.78 Å². The summed E-state index contributed by atoms with van der Waals surface area (Å²) in [6.07, 6.45) is 3.89. The Morgan fingerprint density at radius 3 is 0.884 bits per heavy atom. The summed E-state index contributed by atoms with van der Waals surface area (Å²) in [4.78, 5) is 27.5. The summed E-state index contributed by atoms with van der Waals surface area (Å²) >= 11 is 0. The predicted molar refractivity (Wildman–Crippen MR) is 345 cm³/mol. The van der Waals surface area contributed by atoms with Crippen molar-refractivity contribution < 1.29 is 14.3 Å². The number of aromatic nitrogens is 4. The summed E-state index contributed by atoms with van der Waals surface area (Å²) in [5, 5.41) is 4.01. The lowest BCUT2D eigenvalue weighted by atomic mass is 9.76. The average molecular weight is 1110 g/mol. The van der Waals surface area contributed by atoms with E-state index in [9.17, 15) is 0 Å². The number of rotatable bonds is 18. The Morgan fingerprint density at radius 2 is 0.581 bits per heavy atom. The predicted octanol–water partition coefficient (Wildman–Crippen LogP) is 17.8. The largest absolute Gasteiger partial charge is 0.489 e. The van der Waals surface area contributed by atoms with Crippen LogP contribution in [0.2, 0.25) is 0 Å². The Labute approximate surface area is 500 Å². The first kappa shape index (κ1) is 52.9. The highest BCUT2D eigenvalue weighted by Gasteiger charge is 2.43. The van der Waals surface area contributed by atoms with Crippen molar-refractivity contribution in [1.82, 2.24) is 19.1 Å². The third kappa shape index (κ3) is 9.91. The molecule has 0 fully saturated rings. The number of ether oxygens (including phenoxy) is 2. The Balaban J connectivity index is 0.979. The molecule has 2 aromatic heterocycles. The van der Waals surface area contributed by atoms with Gasteiger partial charge in [-0.15, -0.1) is 0 Å². The zero-order valence-electron chi connectivity index (χ0n) is 47.1. The normalized spacial score (nSPS) is 11.6. The van der Waals surface area contributed by atoms with Crippen molar-refractivity contribution in [1.29, 1.82) is 0 Å². The lowest BCUT2D eigenvalue weighted by Gasteiger charge is -2.38. The first-order valence-corrected chi connectivity index (χ1v) is 29.0. The molecular weight excluding hydrogens is 1050 g/mol. The van der Waals surface area contributed by atoms with Crippen LogP contribution in [0.4, 0.5) is 0 Å². The Kier molecular flexibility index (Phi) is 14.3. The van der Waals surface area contributed by atoms with E-state index in [4.69, 9.17) is 19.4 Å². The number of hydrogen-bond donors (Lipinski definition) is 0. The van der Waals surface area contributed by atoms with E-state index in [0.29, 0.717) is 24.9 Å². The van der Waals surface area contributed by atoms with Gasteiger partial charge in [-0.25, -0.2) is 9.97 Å². The summed E-state index contributed by atoms with van der Waals surface area (Å²) in [7, 11) is 0. The van der Waals surface area contributed by atoms with Gasteiger partial charge in [0.15, 0.2) is 0 Å². The Hall–Kier alpha value is -11.2. The molecule has 0 atom stereocenters. The van der Waals surface area contributed by atoms with Crippen LogP contribution in [0.3, 0.4) is 0 Å². The van der Waals surface area contributed by atoms with Gasteiger partial charge in [-0.2, -0.15) is 0 Å². The average Bonchev–Trinajstić information content (AvgIpc) is 1.41. The first-order valence-electron chi connectivity index (χ1n) is 29.0. The molecule has 86 heavy (non-hydrogen) atoms. The standard InChI is InChI=1S/C79H58N4O3/c84-75(73-53-82(78(65-29-13-3-14-30-65,66-31-15-4-16-32-66)67-33-17-5-18-34-67)76(80-73)63-43-41-61-51-71(47-45-59(61)49-63)85-55-57-25-9-1-10-26-57)74-54-83(79(68-35-19-6-20-36-68,69-37-21-7-22-38-69)70-39-23-8-24-40-70)77(81-74)64-44-42-62-52-72(48-46-60(62)50-64)86-56-58-27-11-2-12-28-58/h1-54H,55-56H2. The fourth-order valence-electron chi connectivity index (χ4n) is 12.3. The summed E-state index contributed by atoms with van der Waals surface area (Å²) in [6.45, 7) is 0.916. The van der Waals surface area contributed by atoms with Gasteiger partial charge in [0.1, 0.15) is 58.8 Å². The molecule has 14 aromatic rings. The number of carbonyl (C=O) groups excluding carboxylic acids is 1. The molecule has 0 aliphatic heterocycles. The molecule has 12 aromatic carbocycles. The van der Waals surface area contributed by atoms with Crippen LogP contribution in [0.5, 0.6) is 11.5 Å². The number of imidazole rings is 2. The minimum absolute atomic E-state index is 0.236. The highest BCUT2D eigenvalue weighted by Crippen LogP contribution is 2.47. The second-order valence-electron chi connectivity index (χ2n) is 21.6. The fraction of sp³-hybridized carbons (Fsp3) is 0.0506. The van der Waals surface area contributed by atoms with Gasteiger partial charge in [-0.3, -0.25) is 4.79 Å². The second kappa shape index (κ2) is 23.2. The monoisotopic (exact) mass is 1110 g/mol. The van der Waals surface area contributed by atoms with Crippen LogP contribution in [0.25, 0.3) is 44.3 Å². The van der Waals surface area contributed by atoms with Gasteiger partial charge in [0.05, 0.1) is 0 Å². The zero-order chi connectivity index (χ0) is 57.7. The molecule has 0 unspecified atom stereocenters. The van der Waals surface area contributed by atoms with E-state index < -0.39 is 11.1 Å².